The van der Waals surface area contributed by atoms with Gasteiger partial charge in [0.1, 0.15) is 11.5 Å². The second-order valence-electron chi connectivity index (χ2n) is 4.72. The highest BCUT2D eigenvalue weighted by Crippen LogP contribution is 2.38. The molecule has 0 saturated carbocycles. The van der Waals surface area contributed by atoms with E-state index in [0.717, 1.165) is 10.0 Å². The Balaban J connectivity index is 2.24. The van der Waals surface area contributed by atoms with Crippen LogP contribution in [0.1, 0.15) is 5.56 Å². The molecule has 3 rings (SSSR count). The highest BCUT2D eigenvalue weighted by molar-refractivity contribution is 9.10. The van der Waals surface area contributed by atoms with Crippen molar-refractivity contribution in [2.45, 2.75) is 6.92 Å². The van der Waals surface area contributed by atoms with E-state index in [1.165, 1.54) is 0 Å². The first-order valence-corrected chi connectivity index (χ1v) is 7.14. The molecule has 2 N–H and O–H groups in total. The molecule has 0 aliphatic carbocycles. The maximum atomic E-state index is 14.3. The first-order valence-electron chi connectivity index (χ1n) is 6.34. The fraction of sp³-hybridized carbons (Fsp3) is 0.0625. The third-order valence-electron chi connectivity index (χ3n) is 3.28. The van der Waals surface area contributed by atoms with E-state index in [0.29, 0.717) is 22.4 Å². The van der Waals surface area contributed by atoms with Crippen LogP contribution in [-0.2, 0) is 0 Å². The Morgan fingerprint density at radius 1 is 1.19 bits per heavy atom. The van der Waals surface area contributed by atoms with Crippen molar-refractivity contribution in [1.29, 1.82) is 0 Å². The normalized spacial score (nSPS) is 10.8. The number of hydrogen-bond acceptors (Lipinski definition) is 3. The number of aromatic nitrogens is 1. The molecule has 2 aromatic carbocycles. The van der Waals surface area contributed by atoms with E-state index in [4.69, 9.17) is 10.3 Å². The molecule has 21 heavy (non-hydrogen) atoms. The molecule has 0 bridgehead atoms. The third-order valence-corrected chi connectivity index (χ3v) is 3.77. The van der Waals surface area contributed by atoms with Gasteiger partial charge in [-0.25, -0.2) is 4.39 Å². The van der Waals surface area contributed by atoms with Crippen molar-refractivity contribution >= 4 is 21.8 Å². The number of aryl methyl sites for hydroxylation is 1. The number of rotatable bonds is 2. The van der Waals surface area contributed by atoms with Crippen LogP contribution >= 0.6 is 15.9 Å². The molecule has 1 aromatic heterocycles. The Labute approximate surface area is 129 Å². The highest BCUT2D eigenvalue weighted by atomic mass is 79.9. The number of benzene rings is 2. The zero-order chi connectivity index (χ0) is 15.0. The van der Waals surface area contributed by atoms with E-state index >= 15 is 0 Å². The summed E-state index contributed by atoms with van der Waals surface area (Å²) in [6.07, 6.45) is 0. The smallest absolute Gasteiger partial charge is 0.230 e. The molecule has 0 radical (unpaired) electrons. The molecule has 3 nitrogen and oxygen atoms in total. The maximum Gasteiger partial charge on any atom is 0.230 e. The van der Waals surface area contributed by atoms with Crippen LogP contribution in [0.3, 0.4) is 0 Å². The quantitative estimate of drug-likeness (QED) is 0.724. The minimum Gasteiger partial charge on any atom is -0.367 e. The Hall–Kier alpha value is -2.14. The molecule has 1 heterocycles. The Bertz CT molecular complexity index is 814. The zero-order valence-corrected chi connectivity index (χ0v) is 12.8. The molecule has 3 aromatic rings. The monoisotopic (exact) mass is 346 g/mol. The van der Waals surface area contributed by atoms with E-state index in [-0.39, 0.29) is 11.7 Å². The summed E-state index contributed by atoms with van der Waals surface area (Å²) in [5.41, 5.74) is 8.64. The molecule has 5 heteroatoms. The van der Waals surface area contributed by atoms with E-state index in [1.54, 1.807) is 25.1 Å². The summed E-state index contributed by atoms with van der Waals surface area (Å²) < 4.78 is 20.3. The first-order chi connectivity index (χ1) is 10.1. The molecule has 0 spiro atoms. The SMILES string of the molecule is Cc1cccc(-c2noc(N)c2-c2cccc(Br)c2)c1F. The lowest BCUT2D eigenvalue weighted by molar-refractivity contribution is 0.439. The fourth-order valence-corrected chi connectivity index (χ4v) is 2.64. The lowest BCUT2D eigenvalue weighted by Crippen LogP contribution is -1.92. The molecule has 0 fully saturated rings. The Morgan fingerprint density at radius 2 is 1.95 bits per heavy atom. The van der Waals surface area contributed by atoms with Gasteiger partial charge in [0.25, 0.3) is 0 Å². The summed E-state index contributed by atoms with van der Waals surface area (Å²) in [6, 6.07) is 12.7. The molecule has 0 saturated heterocycles. The van der Waals surface area contributed by atoms with Gasteiger partial charge in [0, 0.05) is 10.0 Å². The van der Waals surface area contributed by atoms with Gasteiger partial charge in [-0.15, -0.1) is 0 Å². The molecule has 0 amide bonds. The topological polar surface area (TPSA) is 52.0 Å². The van der Waals surface area contributed by atoms with Crippen LogP contribution in [0.15, 0.2) is 51.5 Å². The zero-order valence-electron chi connectivity index (χ0n) is 11.2. The van der Waals surface area contributed by atoms with Crippen molar-refractivity contribution < 1.29 is 8.91 Å². The summed E-state index contributed by atoms with van der Waals surface area (Å²) in [4.78, 5) is 0. The second-order valence-corrected chi connectivity index (χ2v) is 5.63. The van der Waals surface area contributed by atoms with Gasteiger partial charge < -0.3 is 10.3 Å². The van der Waals surface area contributed by atoms with Crippen molar-refractivity contribution in [3.63, 3.8) is 0 Å². The van der Waals surface area contributed by atoms with Gasteiger partial charge in [0.05, 0.1) is 5.56 Å². The van der Waals surface area contributed by atoms with Gasteiger partial charge >= 0.3 is 0 Å². The molecule has 0 unspecified atom stereocenters. The number of nitrogens with two attached hydrogens (primary N) is 1. The van der Waals surface area contributed by atoms with Crippen LogP contribution in [0.5, 0.6) is 0 Å². The number of anilines is 1. The predicted octanol–water partition coefficient (Wildman–Crippen LogP) is 4.80. The molecule has 106 valence electrons. The molecule has 0 aliphatic rings. The molecule has 0 atom stereocenters. The Morgan fingerprint density at radius 3 is 2.71 bits per heavy atom. The van der Waals surface area contributed by atoms with Crippen LogP contribution < -0.4 is 5.73 Å². The van der Waals surface area contributed by atoms with Crippen LogP contribution in [0.4, 0.5) is 10.3 Å². The van der Waals surface area contributed by atoms with Crippen molar-refractivity contribution in [3.8, 4) is 22.4 Å². The van der Waals surface area contributed by atoms with E-state index in [1.807, 2.05) is 24.3 Å². The lowest BCUT2D eigenvalue weighted by Gasteiger charge is -2.06. The largest absolute Gasteiger partial charge is 0.367 e. The second kappa shape index (κ2) is 5.33. The molecular formula is C16H12BrFN2O. The molecule has 0 aliphatic heterocycles. The van der Waals surface area contributed by atoms with Crippen LogP contribution in [0.25, 0.3) is 22.4 Å². The van der Waals surface area contributed by atoms with Crippen LogP contribution in [0.2, 0.25) is 0 Å². The minimum atomic E-state index is -0.318. The predicted molar refractivity (Wildman–Crippen MR) is 84.2 cm³/mol. The summed E-state index contributed by atoms with van der Waals surface area (Å²) in [6.45, 7) is 1.71. The van der Waals surface area contributed by atoms with Crippen LogP contribution in [-0.4, -0.2) is 5.16 Å². The summed E-state index contributed by atoms with van der Waals surface area (Å²) in [5.74, 6) is -0.147. The van der Waals surface area contributed by atoms with E-state index in [9.17, 15) is 4.39 Å². The van der Waals surface area contributed by atoms with E-state index < -0.39 is 0 Å². The van der Waals surface area contributed by atoms with Gasteiger partial charge in [-0.2, -0.15) is 0 Å². The maximum absolute atomic E-state index is 14.3. The summed E-state index contributed by atoms with van der Waals surface area (Å²) in [5, 5.41) is 3.94. The first kappa shape index (κ1) is 13.8. The highest BCUT2D eigenvalue weighted by Gasteiger charge is 2.20. The minimum absolute atomic E-state index is 0.170. The van der Waals surface area contributed by atoms with Crippen molar-refractivity contribution in [2.24, 2.45) is 0 Å². The van der Waals surface area contributed by atoms with Gasteiger partial charge in [-0.1, -0.05) is 45.4 Å². The standard InChI is InChI=1S/C16H12BrFN2O/c1-9-4-2-7-12(14(9)18)15-13(16(19)21-20-15)10-5-3-6-11(17)8-10/h2-8H,19H2,1H3. The average molecular weight is 347 g/mol. The van der Waals surface area contributed by atoms with E-state index in [2.05, 4.69) is 21.1 Å². The number of nitrogens with zero attached hydrogens (tertiary/aromatic N) is 1. The van der Waals surface area contributed by atoms with Crippen LogP contribution in [0, 0.1) is 12.7 Å². The van der Waals surface area contributed by atoms with Crippen molar-refractivity contribution in [2.75, 3.05) is 5.73 Å². The summed E-state index contributed by atoms with van der Waals surface area (Å²) >= 11 is 3.41. The third kappa shape index (κ3) is 2.45. The van der Waals surface area contributed by atoms with Gasteiger partial charge in [-0.05, 0) is 36.2 Å². The van der Waals surface area contributed by atoms with Gasteiger partial charge in [0.2, 0.25) is 5.88 Å². The van der Waals surface area contributed by atoms with Gasteiger partial charge in [-0.3, -0.25) is 0 Å². The van der Waals surface area contributed by atoms with Crippen molar-refractivity contribution in [3.05, 3.63) is 58.3 Å². The summed E-state index contributed by atoms with van der Waals surface area (Å²) in [7, 11) is 0. The number of nitrogen functional groups attached to an aromatic ring is 1. The number of halogens is 2. The van der Waals surface area contributed by atoms with Crippen molar-refractivity contribution in [1.82, 2.24) is 5.16 Å². The lowest BCUT2D eigenvalue weighted by atomic mass is 9.99. The number of hydrogen-bond donors (Lipinski definition) is 1. The average Bonchev–Trinajstić information content (AvgIpc) is 2.83. The van der Waals surface area contributed by atoms with Gasteiger partial charge in [0.15, 0.2) is 0 Å². The Kier molecular flexibility index (Phi) is 3.51. The molecular weight excluding hydrogens is 335 g/mol. The fourth-order valence-electron chi connectivity index (χ4n) is 2.24.